The van der Waals surface area contributed by atoms with Crippen molar-refractivity contribution in [2.75, 3.05) is 46.9 Å². The van der Waals surface area contributed by atoms with Crippen molar-refractivity contribution in [1.29, 1.82) is 0 Å². The van der Waals surface area contributed by atoms with Gasteiger partial charge in [-0.3, -0.25) is 9.89 Å². The molecule has 2 heterocycles. The number of nitrogens with zero attached hydrogens (tertiary/aromatic N) is 4. The van der Waals surface area contributed by atoms with Crippen molar-refractivity contribution in [2.24, 2.45) is 4.99 Å². The lowest BCUT2D eigenvalue weighted by Gasteiger charge is -2.36. The number of aromatic nitrogens is 1. The molecule has 0 radical (unpaired) electrons. The summed E-state index contributed by atoms with van der Waals surface area (Å²) >= 11 is 6.11. The third-order valence-electron chi connectivity index (χ3n) is 4.90. The molecule has 0 aliphatic carbocycles. The standard InChI is InChI=1S/C20H28ClN5O2/c1-15-11-18(24-28-15)14-25-7-9-26(10-8-25)20(22-2)23-13-19(27-3)16-5-4-6-17(21)12-16/h4-6,11-12,19H,7-10,13-14H2,1-3H3,(H,22,23). The monoisotopic (exact) mass is 405 g/mol. The Morgan fingerprint density at radius 3 is 2.71 bits per heavy atom. The number of benzene rings is 1. The second-order valence-corrected chi connectivity index (χ2v) is 7.34. The van der Waals surface area contributed by atoms with Gasteiger partial charge in [-0.25, -0.2) is 0 Å². The van der Waals surface area contributed by atoms with Crippen LogP contribution in [0, 0.1) is 6.92 Å². The van der Waals surface area contributed by atoms with Gasteiger partial charge in [-0.2, -0.15) is 0 Å². The Kier molecular flexibility index (Phi) is 7.30. The van der Waals surface area contributed by atoms with Gasteiger partial charge in [0.2, 0.25) is 0 Å². The summed E-state index contributed by atoms with van der Waals surface area (Å²) in [7, 11) is 3.52. The normalized spacial score (nSPS) is 17.0. The Bertz CT molecular complexity index is 786. The SMILES string of the molecule is CN=C(NCC(OC)c1cccc(Cl)c1)N1CCN(Cc2cc(C)on2)CC1. The zero-order chi connectivity index (χ0) is 19.9. The summed E-state index contributed by atoms with van der Waals surface area (Å²) in [5.41, 5.74) is 2.03. The van der Waals surface area contributed by atoms with Crippen LogP contribution in [0.25, 0.3) is 0 Å². The van der Waals surface area contributed by atoms with Crippen molar-refractivity contribution < 1.29 is 9.26 Å². The van der Waals surface area contributed by atoms with Crippen LogP contribution in [0.3, 0.4) is 0 Å². The van der Waals surface area contributed by atoms with Crippen LogP contribution < -0.4 is 5.32 Å². The number of guanidine groups is 1. The summed E-state index contributed by atoms with van der Waals surface area (Å²) < 4.78 is 10.8. The number of aryl methyl sites for hydroxylation is 1. The molecule has 1 N–H and O–H groups in total. The van der Waals surface area contributed by atoms with Gasteiger partial charge in [-0.05, 0) is 24.6 Å². The van der Waals surface area contributed by atoms with E-state index in [1.807, 2.05) is 44.3 Å². The highest BCUT2D eigenvalue weighted by Gasteiger charge is 2.21. The molecule has 152 valence electrons. The van der Waals surface area contributed by atoms with E-state index in [-0.39, 0.29) is 6.10 Å². The van der Waals surface area contributed by atoms with Crippen LogP contribution in [0.2, 0.25) is 5.02 Å². The number of nitrogens with one attached hydrogen (secondary N) is 1. The molecule has 1 fully saturated rings. The molecule has 1 saturated heterocycles. The van der Waals surface area contributed by atoms with E-state index >= 15 is 0 Å². The summed E-state index contributed by atoms with van der Waals surface area (Å²) in [6.07, 6.45) is -0.0906. The van der Waals surface area contributed by atoms with E-state index in [4.69, 9.17) is 20.9 Å². The molecule has 1 aromatic heterocycles. The van der Waals surface area contributed by atoms with E-state index < -0.39 is 0 Å². The topological polar surface area (TPSA) is 66.1 Å². The highest BCUT2D eigenvalue weighted by molar-refractivity contribution is 6.30. The van der Waals surface area contributed by atoms with Crippen LogP contribution >= 0.6 is 11.6 Å². The van der Waals surface area contributed by atoms with Gasteiger partial charge in [0.05, 0.1) is 11.8 Å². The van der Waals surface area contributed by atoms with E-state index in [1.165, 1.54) is 0 Å². The molecule has 1 aromatic carbocycles. The highest BCUT2D eigenvalue weighted by Crippen LogP contribution is 2.20. The molecular weight excluding hydrogens is 378 g/mol. The second kappa shape index (κ2) is 9.91. The maximum absolute atomic E-state index is 6.11. The first-order chi connectivity index (χ1) is 13.6. The lowest BCUT2D eigenvalue weighted by Crippen LogP contribution is -2.52. The van der Waals surface area contributed by atoms with E-state index in [9.17, 15) is 0 Å². The van der Waals surface area contributed by atoms with Gasteiger partial charge in [0.25, 0.3) is 0 Å². The lowest BCUT2D eigenvalue weighted by molar-refractivity contribution is 0.105. The fourth-order valence-electron chi connectivity index (χ4n) is 3.40. The number of rotatable bonds is 6. The number of aliphatic imine (C=N–C) groups is 1. The molecule has 28 heavy (non-hydrogen) atoms. The molecule has 7 nitrogen and oxygen atoms in total. The van der Waals surface area contributed by atoms with Gasteiger partial charge in [-0.1, -0.05) is 28.9 Å². The maximum atomic E-state index is 6.11. The number of hydrogen-bond donors (Lipinski definition) is 1. The van der Waals surface area contributed by atoms with Crippen LogP contribution in [0.15, 0.2) is 39.8 Å². The Labute approximate surface area is 171 Å². The first kappa shape index (κ1) is 20.6. The molecule has 2 aromatic rings. The van der Waals surface area contributed by atoms with Crippen LogP contribution in [-0.4, -0.2) is 67.8 Å². The second-order valence-electron chi connectivity index (χ2n) is 6.90. The molecule has 0 spiro atoms. The fraction of sp³-hybridized carbons (Fsp3) is 0.500. The van der Waals surface area contributed by atoms with Crippen molar-refractivity contribution >= 4 is 17.6 Å². The molecule has 0 bridgehead atoms. The number of methoxy groups -OCH3 is 1. The zero-order valence-electron chi connectivity index (χ0n) is 16.7. The first-order valence-electron chi connectivity index (χ1n) is 9.47. The molecular formula is C20H28ClN5O2. The summed E-state index contributed by atoms with van der Waals surface area (Å²) in [5.74, 6) is 1.74. The summed E-state index contributed by atoms with van der Waals surface area (Å²) in [4.78, 5) is 9.10. The Morgan fingerprint density at radius 2 is 2.11 bits per heavy atom. The van der Waals surface area contributed by atoms with Crippen molar-refractivity contribution in [2.45, 2.75) is 19.6 Å². The number of piperazine rings is 1. The van der Waals surface area contributed by atoms with Crippen molar-refractivity contribution in [3.63, 3.8) is 0 Å². The van der Waals surface area contributed by atoms with E-state index in [1.54, 1.807) is 7.11 Å². The predicted octanol–water partition coefficient (Wildman–Crippen LogP) is 2.72. The molecule has 0 amide bonds. The van der Waals surface area contributed by atoms with Crippen molar-refractivity contribution in [3.8, 4) is 0 Å². The molecule has 1 aliphatic rings. The predicted molar refractivity (Wildman–Crippen MR) is 111 cm³/mol. The fourth-order valence-corrected chi connectivity index (χ4v) is 3.60. The molecule has 1 aliphatic heterocycles. The zero-order valence-corrected chi connectivity index (χ0v) is 17.4. The van der Waals surface area contributed by atoms with Gasteiger partial charge in [0.15, 0.2) is 5.96 Å². The van der Waals surface area contributed by atoms with Crippen LogP contribution in [0.1, 0.15) is 23.1 Å². The van der Waals surface area contributed by atoms with Crippen LogP contribution in [0.4, 0.5) is 0 Å². The van der Waals surface area contributed by atoms with Gasteiger partial charge < -0.3 is 19.5 Å². The summed E-state index contributed by atoms with van der Waals surface area (Å²) in [6.45, 7) is 7.08. The van der Waals surface area contributed by atoms with Gasteiger partial charge in [0, 0.05) is 64.5 Å². The molecule has 1 atom stereocenters. The smallest absolute Gasteiger partial charge is 0.193 e. The number of halogens is 1. The molecule has 1 unspecified atom stereocenters. The number of ether oxygens (including phenoxy) is 1. The summed E-state index contributed by atoms with van der Waals surface area (Å²) in [6, 6.07) is 9.76. The first-order valence-corrected chi connectivity index (χ1v) is 9.85. The minimum absolute atomic E-state index is 0.0906. The third kappa shape index (κ3) is 5.47. The largest absolute Gasteiger partial charge is 0.375 e. The minimum Gasteiger partial charge on any atom is -0.375 e. The van der Waals surface area contributed by atoms with Crippen molar-refractivity contribution in [3.05, 3.63) is 52.4 Å². The Balaban J connectivity index is 1.50. The van der Waals surface area contributed by atoms with Gasteiger partial charge in [-0.15, -0.1) is 0 Å². The lowest BCUT2D eigenvalue weighted by atomic mass is 10.1. The average Bonchev–Trinajstić information content (AvgIpc) is 3.11. The van der Waals surface area contributed by atoms with Crippen LogP contribution in [0.5, 0.6) is 0 Å². The molecule has 8 heteroatoms. The Hall–Kier alpha value is -2.09. The number of hydrogen-bond acceptors (Lipinski definition) is 5. The average molecular weight is 406 g/mol. The quantitative estimate of drug-likeness (QED) is 0.588. The third-order valence-corrected chi connectivity index (χ3v) is 5.13. The van der Waals surface area contributed by atoms with Gasteiger partial charge in [0.1, 0.15) is 5.76 Å². The van der Waals surface area contributed by atoms with Crippen molar-refractivity contribution in [1.82, 2.24) is 20.3 Å². The maximum Gasteiger partial charge on any atom is 0.193 e. The Morgan fingerprint density at radius 1 is 1.32 bits per heavy atom. The van der Waals surface area contributed by atoms with Crippen LogP contribution in [-0.2, 0) is 11.3 Å². The van der Waals surface area contributed by atoms with E-state index in [2.05, 4.69) is 25.3 Å². The summed E-state index contributed by atoms with van der Waals surface area (Å²) in [5, 5.41) is 8.23. The van der Waals surface area contributed by atoms with E-state index in [0.717, 1.165) is 55.7 Å². The van der Waals surface area contributed by atoms with E-state index in [0.29, 0.717) is 11.6 Å². The molecule has 3 rings (SSSR count). The minimum atomic E-state index is -0.0906. The highest BCUT2D eigenvalue weighted by atomic mass is 35.5. The van der Waals surface area contributed by atoms with Gasteiger partial charge >= 0.3 is 0 Å². The molecule has 0 saturated carbocycles.